The second-order valence-corrected chi connectivity index (χ2v) is 3.49. The number of hydrogen-bond donors (Lipinski definition) is 0. The summed E-state index contributed by atoms with van der Waals surface area (Å²) in [6, 6.07) is 15.2. The standard InChI is InChI=1S/C13H10N2O3/c16-15(17)12-8-6-11(7-9-12)10-14-18-13-4-2-1-3-5-13/h1-10H/b14-10-. The van der Waals surface area contributed by atoms with E-state index in [2.05, 4.69) is 5.16 Å². The largest absolute Gasteiger partial charge is 0.357 e. The number of nitro benzene ring substituents is 1. The predicted molar refractivity (Wildman–Crippen MR) is 67.8 cm³/mol. The molecule has 0 unspecified atom stereocenters. The second-order valence-electron chi connectivity index (χ2n) is 3.49. The van der Waals surface area contributed by atoms with Gasteiger partial charge >= 0.3 is 0 Å². The number of oxime groups is 1. The third-order valence-electron chi connectivity index (χ3n) is 2.21. The van der Waals surface area contributed by atoms with E-state index in [-0.39, 0.29) is 5.69 Å². The van der Waals surface area contributed by atoms with Crippen LogP contribution in [-0.4, -0.2) is 11.1 Å². The zero-order valence-electron chi connectivity index (χ0n) is 9.39. The zero-order valence-corrected chi connectivity index (χ0v) is 9.39. The first kappa shape index (κ1) is 11.8. The Hall–Kier alpha value is -2.69. The molecule has 0 aromatic heterocycles. The number of benzene rings is 2. The molecule has 5 heteroatoms. The molecule has 0 amide bonds. The molecule has 0 fully saturated rings. The van der Waals surface area contributed by atoms with Crippen molar-refractivity contribution in [2.24, 2.45) is 5.16 Å². The summed E-state index contributed by atoms with van der Waals surface area (Å²) in [5.41, 5.74) is 0.785. The third-order valence-corrected chi connectivity index (χ3v) is 2.21. The van der Waals surface area contributed by atoms with E-state index in [0.717, 1.165) is 5.56 Å². The molecule has 0 spiro atoms. The minimum atomic E-state index is -0.443. The zero-order chi connectivity index (χ0) is 12.8. The van der Waals surface area contributed by atoms with Gasteiger partial charge in [-0.3, -0.25) is 10.1 Å². The molecule has 0 N–H and O–H groups in total. The summed E-state index contributed by atoms with van der Waals surface area (Å²) in [5, 5.41) is 14.3. The fraction of sp³-hybridized carbons (Fsp3) is 0. The van der Waals surface area contributed by atoms with Crippen LogP contribution in [0.2, 0.25) is 0 Å². The first-order valence-electron chi connectivity index (χ1n) is 5.25. The minimum Gasteiger partial charge on any atom is -0.357 e. The molecule has 0 heterocycles. The molecular weight excluding hydrogens is 232 g/mol. The van der Waals surface area contributed by atoms with Gasteiger partial charge in [0.05, 0.1) is 11.1 Å². The van der Waals surface area contributed by atoms with Gasteiger partial charge in [0.2, 0.25) is 0 Å². The lowest BCUT2D eigenvalue weighted by Gasteiger charge is -1.96. The van der Waals surface area contributed by atoms with Crippen LogP contribution in [-0.2, 0) is 0 Å². The van der Waals surface area contributed by atoms with Gasteiger partial charge in [0.25, 0.3) is 5.69 Å². The first-order chi connectivity index (χ1) is 8.75. The highest BCUT2D eigenvalue weighted by atomic mass is 16.6. The average molecular weight is 242 g/mol. The molecule has 0 saturated heterocycles. The van der Waals surface area contributed by atoms with Crippen LogP contribution >= 0.6 is 0 Å². The molecule has 0 bridgehead atoms. The van der Waals surface area contributed by atoms with E-state index in [0.29, 0.717) is 5.75 Å². The van der Waals surface area contributed by atoms with Gasteiger partial charge in [0, 0.05) is 12.1 Å². The van der Waals surface area contributed by atoms with Gasteiger partial charge in [-0.2, -0.15) is 0 Å². The smallest absolute Gasteiger partial charge is 0.269 e. The quantitative estimate of drug-likeness (QED) is 0.470. The van der Waals surface area contributed by atoms with E-state index >= 15 is 0 Å². The molecule has 2 aromatic rings. The SMILES string of the molecule is O=[N+]([O-])c1ccc(/C=N\Oc2ccccc2)cc1. The Morgan fingerprint density at radius 3 is 2.33 bits per heavy atom. The molecule has 0 atom stereocenters. The Kier molecular flexibility index (Phi) is 3.66. The number of nitro groups is 1. The van der Waals surface area contributed by atoms with E-state index in [1.165, 1.54) is 18.3 Å². The predicted octanol–water partition coefficient (Wildman–Crippen LogP) is 3.01. The second kappa shape index (κ2) is 5.58. The lowest BCUT2D eigenvalue weighted by atomic mass is 10.2. The van der Waals surface area contributed by atoms with Crippen LogP contribution in [0.3, 0.4) is 0 Å². The van der Waals surface area contributed by atoms with Crippen LogP contribution in [0.25, 0.3) is 0 Å². The number of hydrogen-bond acceptors (Lipinski definition) is 4. The van der Waals surface area contributed by atoms with E-state index in [1.54, 1.807) is 24.3 Å². The lowest BCUT2D eigenvalue weighted by molar-refractivity contribution is -0.384. The van der Waals surface area contributed by atoms with Crippen LogP contribution in [0.4, 0.5) is 5.69 Å². The van der Waals surface area contributed by atoms with Crippen molar-refractivity contribution in [3.05, 3.63) is 70.3 Å². The summed E-state index contributed by atoms with van der Waals surface area (Å²) < 4.78 is 0. The van der Waals surface area contributed by atoms with Crippen molar-refractivity contribution in [2.75, 3.05) is 0 Å². The van der Waals surface area contributed by atoms with Crippen LogP contribution in [0.5, 0.6) is 5.75 Å². The Morgan fingerprint density at radius 2 is 1.72 bits per heavy atom. The van der Waals surface area contributed by atoms with E-state index in [1.807, 2.05) is 18.2 Å². The summed E-state index contributed by atoms with van der Waals surface area (Å²) in [7, 11) is 0. The van der Waals surface area contributed by atoms with E-state index < -0.39 is 4.92 Å². The molecule has 90 valence electrons. The highest BCUT2D eigenvalue weighted by Gasteiger charge is 2.02. The van der Waals surface area contributed by atoms with Gasteiger partial charge in [0.1, 0.15) is 0 Å². The van der Waals surface area contributed by atoms with Crippen LogP contribution < -0.4 is 4.84 Å². The van der Waals surface area contributed by atoms with Gasteiger partial charge in [0.15, 0.2) is 5.75 Å². The minimum absolute atomic E-state index is 0.0520. The third kappa shape index (κ3) is 3.15. The molecule has 18 heavy (non-hydrogen) atoms. The van der Waals surface area contributed by atoms with Gasteiger partial charge in [-0.25, -0.2) is 0 Å². The van der Waals surface area contributed by atoms with Crippen molar-refractivity contribution in [3.8, 4) is 5.75 Å². The van der Waals surface area contributed by atoms with E-state index in [4.69, 9.17) is 4.84 Å². The van der Waals surface area contributed by atoms with Crippen molar-refractivity contribution in [3.63, 3.8) is 0 Å². The molecular formula is C13H10N2O3. The number of nitrogens with zero attached hydrogens (tertiary/aromatic N) is 2. The molecule has 0 radical (unpaired) electrons. The van der Waals surface area contributed by atoms with Crippen LogP contribution in [0.15, 0.2) is 59.8 Å². The van der Waals surface area contributed by atoms with Gasteiger partial charge in [-0.05, 0) is 29.8 Å². The molecule has 0 aliphatic rings. The summed E-state index contributed by atoms with van der Waals surface area (Å²) in [4.78, 5) is 15.1. The fourth-order valence-electron chi connectivity index (χ4n) is 1.31. The number of non-ortho nitro benzene ring substituents is 1. The van der Waals surface area contributed by atoms with Crippen molar-refractivity contribution in [1.82, 2.24) is 0 Å². The lowest BCUT2D eigenvalue weighted by Crippen LogP contribution is -1.89. The maximum atomic E-state index is 10.5. The molecule has 0 saturated carbocycles. The first-order valence-corrected chi connectivity index (χ1v) is 5.25. The summed E-state index contributed by atoms with van der Waals surface area (Å²) in [6.45, 7) is 0. The summed E-state index contributed by atoms with van der Waals surface area (Å²) >= 11 is 0. The summed E-state index contributed by atoms with van der Waals surface area (Å²) in [5.74, 6) is 0.635. The summed E-state index contributed by atoms with van der Waals surface area (Å²) in [6.07, 6.45) is 1.50. The Bertz CT molecular complexity index is 550. The van der Waals surface area contributed by atoms with Crippen LogP contribution in [0.1, 0.15) is 5.56 Å². The van der Waals surface area contributed by atoms with Crippen molar-refractivity contribution in [1.29, 1.82) is 0 Å². The fourth-order valence-corrected chi connectivity index (χ4v) is 1.31. The number of para-hydroxylation sites is 1. The topological polar surface area (TPSA) is 64.7 Å². The maximum Gasteiger partial charge on any atom is 0.269 e. The molecule has 0 aliphatic heterocycles. The molecule has 2 rings (SSSR count). The van der Waals surface area contributed by atoms with Gasteiger partial charge in [-0.15, -0.1) is 0 Å². The Morgan fingerprint density at radius 1 is 1.06 bits per heavy atom. The Balaban J connectivity index is 1.99. The van der Waals surface area contributed by atoms with E-state index in [9.17, 15) is 10.1 Å². The molecule has 5 nitrogen and oxygen atoms in total. The van der Waals surface area contributed by atoms with Crippen molar-refractivity contribution < 1.29 is 9.76 Å². The van der Waals surface area contributed by atoms with Gasteiger partial charge < -0.3 is 4.84 Å². The monoisotopic (exact) mass is 242 g/mol. The van der Waals surface area contributed by atoms with Crippen LogP contribution in [0, 0.1) is 10.1 Å². The highest BCUT2D eigenvalue weighted by Crippen LogP contribution is 2.11. The Labute approximate surface area is 103 Å². The van der Waals surface area contributed by atoms with Crippen molar-refractivity contribution in [2.45, 2.75) is 0 Å². The van der Waals surface area contributed by atoms with Gasteiger partial charge in [-0.1, -0.05) is 23.4 Å². The highest BCUT2D eigenvalue weighted by molar-refractivity contribution is 5.79. The average Bonchev–Trinajstić information content (AvgIpc) is 2.40. The molecule has 2 aromatic carbocycles. The number of rotatable bonds is 4. The normalized spacial score (nSPS) is 10.4. The maximum absolute atomic E-state index is 10.5. The van der Waals surface area contributed by atoms with Crippen molar-refractivity contribution >= 4 is 11.9 Å². The molecule has 0 aliphatic carbocycles.